The van der Waals surface area contributed by atoms with E-state index in [1.54, 1.807) is 37.4 Å². The Morgan fingerprint density at radius 3 is 2.63 bits per heavy atom. The maximum Gasteiger partial charge on any atom is 0.328 e. The van der Waals surface area contributed by atoms with Crippen LogP contribution in [0.3, 0.4) is 0 Å². The molecule has 6 rings (SSSR count). The first-order chi connectivity index (χ1) is 18.0. The largest absolute Gasteiger partial charge is 0.372 e. The van der Waals surface area contributed by atoms with Gasteiger partial charge < -0.3 is 19.1 Å². The molecule has 2 saturated heterocycles. The minimum Gasteiger partial charge on any atom is -0.372 e. The fourth-order valence-corrected chi connectivity index (χ4v) is 6.60. The number of rotatable bonds is 2. The van der Waals surface area contributed by atoms with Gasteiger partial charge in [0.05, 0.1) is 29.3 Å². The summed E-state index contributed by atoms with van der Waals surface area (Å²) in [7, 11) is 3.21. The van der Waals surface area contributed by atoms with E-state index in [2.05, 4.69) is 20.8 Å². The number of aromatic nitrogens is 2. The Bertz CT molecular complexity index is 1530. The molecule has 2 fully saturated rings. The zero-order valence-electron chi connectivity index (χ0n) is 20.8. The van der Waals surface area contributed by atoms with Crippen LogP contribution >= 0.6 is 11.3 Å². The molecule has 0 radical (unpaired) electrons. The number of nitrogens with zero attached hydrogens (tertiary/aromatic N) is 4. The van der Waals surface area contributed by atoms with E-state index in [1.807, 2.05) is 6.92 Å². The molecule has 3 aromatic rings. The monoisotopic (exact) mass is 542 g/mol. The van der Waals surface area contributed by atoms with E-state index in [9.17, 15) is 19.2 Å². The molecule has 12 nitrogen and oxygen atoms in total. The van der Waals surface area contributed by atoms with Crippen LogP contribution in [0.1, 0.15) is 29.9 Å². The van der Waals surface area contributed by atoms with Gasteiger partial charge >= 0.3 is 6.03 Å². The Hall–Kier alpha value is -3.91. The lowest BCUT2D eigenvalue weighted by molar-refractivity contribution is -0.153. The molecular weight excluding hydrogens is 519 g/mol. The molecular formula is C24H23FN6O6S. The van der Waals surface area contributed by atoms with Gasteiger partial charge in [-0.25, -0.2) is 14.2 Å². The average molecular weight is 543 g/mol. The van der Waals surface area contributed by atoms with Crippen LogP contribution in [0.15, 0.2) is 16.0 Å². The standard InChI is InChI=1S/C24H23FN6O6S/c1-9-7-31-16-11(6-24(18(31)10(2)36-9)21(33)27-23(35)28-22(24)34)5-12-15(29-37-17(12)14(16)25)19-26-13(8-38-19)20(32)30(3)4/h5,8-10,18H,6-7H2,1-4H3,(H2,27,28,33,34,35). The predicted molar refractivity (Wildman–Crippen MR) is 132 cm³/mol. The van der Waals surface area contributed by atoms with E-state index >= 15 is 4.39 Å². The zero-order chi connectivity index (χ0) is 27.1. The summed E-state index contributed by atoms with van der Waals surface area (Å²) < 4.78 is 27.6. The molecule has 2 N–H and O–H groups in total. The number of amides is 5. The molecule has 1 aromatic carbocycles. The topological polar surface area (TPSA) is 147 Å². The Morgan fingerprint density at radius 2 is 1.95 bits per heavy atom. The van der Waals surface area contributed by atoms with Crippen molar-refractivity contribution >= 4 is 51.7 Å². The highest BCUT2D eigenvalue weighted by Gasteiger charge is 2.63. The van der Waals surface area contributed by atoms with Gasteiger partial charge in [0.2, 0.25) is 17.4 Å². The minimum absolute atomic E-state index is 0.108. The normalized spacial score (nSPS) is 24.2. The van der Waals surface area contributed by atoms with Gasteiger partial charge in [0, 0.05) is 32.4 Å². The third kappa shape index (κ3) is 3.29. The highest BCUT2D eigenvalue weighted by atomic mass is 32.1. The molecule has 38 heavy (non-hydrogen) atoms. The number of thiazole rings is 1. The Balaban J connectivity index is 1.54. The number of carbonyl (C=O) groups excluding carboxylic acids is 4. The fourth-order valence-electron chi connectivity index (χ4n) is 5.81. The molecule has 3 atom stereocenters. The Labute approximate surface area is 219 Å². The summed E-state index contributed by atoms with van der Waals surface area (Å²) >= 11 is 1.16. The number of fused-ring (bicyclic) bond motifs is 5. The van der Waals surface area contributed by atoms with Crippen molar-refractivity contribution in [2.75, 3.05) is 25.5 Å². The molecule has 2 aromatic heterocycles. The van der Waals surface area contributed by atoms with Crippen molar-refractivity contribution in [3.05, 3.63) is 28.5 Å². The lowest BCUT2D eigenvalue weighted by Crippen LogP contribution is -2.75. The van der Waals surface area contributed by atoms with Crippen molar-refractivity contribution < 1.29 is 32.8 Å². The summed E-state index contributed by atoms with van der Waals surface area (Å²) in [5.74, 6) is -2.52. The highest BCUT2D eigenvalue weighted by Crippen LogP contribution is 2.49. The van der Waals surface area contributed by atoms with Crippen molar-refractivity contribution in [2.45, 2.75) is 38.5 Å². The van der Waals surface area contributed by atoms with Crippen molar-refractivity contribution in [3.8, 4) is 10.7 Å². The number of carbonyl (C=O) groups is 4. The maximum absolute atomic E-state index is 16.2. The van der Waals surface area contributed by atoms with Gasteiger partial charge in [-0.1, -0.05) is 5.16 Å². The third-order valence-electron chi connectivity index (χ3n) is 7.30. The highest BCUT2D eigenvalue weighted by molar-refractivity contribution is 7.13. The molecule has 5 heterocycles. The van der Waals surface area contributed by atoms with E-state index in [0.29, 0.717) is 10.6 Å². The van der Waals surface area contributed by atoms with Crippen LogP contribution in [-0.2, 0) is 20.7 Å². The van der Waals surface area contributed by atoms with E-state index in [-0.39, 0.29) is 53.0 Å². The summed E-state index contributed by atoms with van der Waals surface area (Å²) in [6.07, 6.45) is -1.15. The van der Waals surface area contributed by atoms with E-state index in [4.69, 9.17) is 9.26 Å². The number of halogens is 1. The van der Waals surface area contributed by atoms with Gasteiger partial charge in [-0.3, -0.25) is 25.0 Å². The van der Waals surface area contributed by atoms with Gasteiger partial charge in [0.25, 0.3) is 5.91 Å². The van der Waals surface area contributed by atoms with E-state index in [1.165, 1.54) is 4.90 Å². The SMILES string of the molecule is CC1CN2c3c(cc4c(-c5nc(C(=O)N(C)C)cs5)noc4c3F)CC3(C(=O)NC(=O)NC3=O)C2C(C)O1. The predicted octanol–water partition coefficient (Wildman–Crippen LogP) is 1.68. The number of urea groups is 1. The molecule has 3 aliphatic heterocycles. The lowest BCUT2D eigenvalue weighted by atomic mass is 9.66. The van der Waals surface area contributed by atoms with Crippen LogP contribution in [0.2, 0.25) is 0 Å². The number of imide groups is 2. The van der Waals surface area contributed by atoms with Gasteiger partial charge in [0.1, 0.15) is 10.7 Å². The lowest BCUT2D eigenvalue weighted by Gasteiger charge is -2.55. The molecule has 0 saturated carbocycles. The minimum atomic E-state index is -1.75. The number of nitrogens with one attached hydrogen (secondary N) is 2. The summed E-state index contributed by atoms with van der Waals surface area (Å²) in [6.45, 7) is 3.73. The van der Waals surface area contributed by atoms with Crippen molar-refractivity contribution in [2.24, 2.45) is 5.41 Å². The second-order valence-corrected chi connectivity index (χ2v) is 10.8. The van der Waals surface area contributed by atoms with Crippen molar-refractivity contribution in [1.29, 1.82) is 0 Å². The summed E-state index contributed by atoms with van der Waals surface area (Å²) in [4.78, 5) is 58.4. The number of hydrogen-bond donors (Lipinski definition) is 2. The van der Waals surface area contributed by atoms with Crippen LogP contribution in [0.25, 0.3) is 21.7 Å². The van der Waals surface area contributed by atoms with Gasteiger partial charge in [-0.05, 0) is 25.5 Å². The Morgan fingerprint density at radius 1 is 1.24 bits per heavy atom. The van der Waals surface area contributed by atoms with Crippen molar-refractivity contribution in [3.63, 3.8) is 0 Å². The van der Waals surface area contributed by atoms with Gasteiger partial charge in [0.15, 0.2) is 16.9 Å². The van der Waals surface area contributed by atoms with Crippen LogP contribution in [0.4, 0.5) is 14.9 Å². The Kier molecular flexibility index (Phi) is 5.33. The van der Waals surface area contributed by atoms with Gasteiger partial charge in [-0.2, -0.15) is 0 Å². The number of anilines is 1. The van der Waals surface area contributed by atoms with Crippen LogP contribution in [0, 0.1) is 11.2 Å². The number of hydrogen-bond acceptors (Lipinski definition) is 10. The first kappa shape index (κ1) is 24.4. The molecule has 1 spiro atoms. The molecule has 0 aliphatic carbocycles. The third-order valence-corrected chi connectivity index (χ3v) is 8.15. The number of barbiturate groups is 1. The van der Waals surface area contributed by atoms with Gasteiger partial charge in [-0.15, -0.1) is 11.3 Å². The van der Waals surface area contributed by atoms with Crippen LogP contribution in [0.5, 0.6) is 0 Å². The first-order valence-electron chi connectivity index (χ1n) is 11.9. The summed E-state index contributed by atoms with van der Waals surface area (Å²) in [6, 6.07) is -0.156. The van der Waals surface area contributed by atoms with E-state index < -0.39 is 41.2 Å². The second-order valence-electron chi connectivity index (χ2n) is 9.98. The molecule has 5 amide bonds. The summed E-state index contributed by atoms with van der Waals surface area (Å²) in [5, 5.41) is 10.7. The smallest absolute Gasteiger partial charge is 0.328 e. The molecule has 14 heteroatoms. The quantitative estimate of drug-likeness (QED) is 0.462. The number of ether oxygens (including phenoxy) is 1. The molecule has 198 valence electrons. The van der Waals surface area contributed by atoms with Crippen LogP contribution < -0.4 is 15.5 Å². The molecule has 3 unspecified atom stereocenters. The van der Waals surface area contributed by atoms with Crippen LogP contribution in [-0.4, -0.2) is 77.7 Å². The number of benzene rings is 1. The maximum atomic E-state index is 16.2. The van der Waals surface area contributed by atoms with E-state index in [0.717, 1.165) is 11.3 Å². The summed E-state index contributed by atoms with van der Waals surface area (Å²) in [5.41, 5.74) is -0.843. The first-order valence-corrected chi connectivity index (χ1v) is 12.8. The fraction of sp³-hybridized carbons (Fsp3) is 0.417. The average Bonchev–Trinajstić information content (AvgIpc) is 3.48. The second kappa shape index (κ2) is 8.30. The number of morpholine rings is 1. The zero-order valence-corrected chi connectivity index (χ0v) is 21.6. The molecule has 0 bridgehead atoms. The molecule has 3 aliphatic rings. The van der Waals surface area contributed by atoms with Crippen molar-refractivity contribution in [1.82, 2.24) is 25.7 Å².